The van der Waals surface area contributed by atoms with Gasteiger partial charge in [-0.15, -0.1) is 0 Å². The van der Waals surface area contributed by atoms with Gasteiger partial charge in [-0.3, -0.25) is 0 Å². The normalized spacial score (nSPS) is 16.9. The monoisotopic (exact) mass is 215 g/mol. The summed E-state index contributed by atoms with van der Waals surface area (Å²) in [5.41, 5.74) is 5.92. The molecule has 0 fully saturated rings. The van der Waals surface area contributed by atoms with Crippen LogP contribution in [-0.2, 0) is 0 Å². The first kappa shape index (κ1) is 11.3. The Labute approximate surface area is 98.6 Å². The molecule has 0 radical (unpaired) electrons. The van der Waals surface area contributed by atoms with Gasteiger partial charge in [0.25, 0.3) is 0 Å². The van der Waals surface area contributed by atoms with Crippen molar-refractivity contribution in [2.75, 3.05) is 11.9 Å². The van der Waals surface area contributed by atoms with Crippen LogP contribution in [0.4, 0.5) is 5.69 Å². The molecule has 0 bridgehead atoms. The maximum Gasteiger partial charge on any atom is 0.0419 e. The summed E-state index contributed by atoms with van der Waals surface area (Å²) in [5.74, 6) is 0. The standard InChI is InChI=1S/C15H21N/c1-3-5-8-12(4-2)14-11-16-15-10-7-6-9-13(14)15/h6-7,9-10,16H,3-5,8,11H2,1-2H3/b14-12+. The predicted octanol–water partition coefficient (Wildman–Crippen LogP) is 4.47. The number of nitrogens with one attached hydrogen (secondary N) is 1. The molecule has 0 saturated carbocycles. The Morgan fingerprint density at radius 2 is 2.06 bits per heavy atom. The van der Waals surface area contributed by atoms with Crippen molar-refractivity contribution in [2.45, 2.75) is 39.5 Å². The maximum atomic E-state index is 3.48. The van der Waals surface area contributed by atoms with Gasteiger partial charge in [0, 0.05) is 17.8 Å². The van der Waals surface area contributed by atoms with Crippen molar-refractivity contribution in [1.82, 2.24) is 0 Å². The Kier molecular flexibility index (Phi) is 3.66. The van der Waals surface area contributed by atoms with E-state index >= 15 is 0 Å². The van der Waals surface area contributed by atoms with Crippen LogP contribution >= 0.6 is 0 Å². The summed E-state index contributed by atoms with van der Waals surface area (Å²) in [4.78, 5) is 0. The van der Waals surface area contributed by atoms with Crippen LogP contribution in [0.25, 0.3) is 5.57 Å². The van der Waals surface area contributed by atoms with Gasteiger partial charge in [0.1, 0.15) is 0 Å². The molecular weight excluding hydrogens is 194 g/mol. The van der Waals surface area contributed by atoms with E-state index in [9.17, 15) is 0 Å². The Morgan fingerprint density at radius 3 is 2.81 bits per heavy atom. The quantitative estimate of drug-likeness (QED) is 0.781. The number of hydrogen-bond acceptors (Lipinski definition) is 1. The molecule has 1 aliphatic rings. The van der Waals surface area contributed by atoms with Gasteiger partial charge in [0.2, 0.25) is 0 Å². The van der Waals surface area contributed by atoms with E-state index in [1.165, 1.54) is 36.9 Å². The van der Waals surface area contributed by atoms with E-state index in [0.717, 1.165) is 6.54 Å². The van der Waals surface area contributed by atoms with E-state index in [1.807, 2.05) is 0 Å². The molecule has 0 spiro atoms. The van der Waals surface area contributed by atoms with E-state index in [4.69, 9.17) is 0 Å². The fraction of sp³-hybridized carbons (Fsp3) is 0.467. The van der Waals surface area contributed by atoms with E-state index in [2.05, 4.69) is 43.4 Å². The lowest BCUT2D eigenvalue weighted by Crippen LogP contribution is -1.95. The lowest BCUT2D eigenvalue weighted by Gasteiger charge is -2.09. The molecule has 1 aromatic carbocycles. The van der Waals surface area contributed by atoms with Crippen LogP contribution in [0.3, 0.4) is 0 Å². The zero-order valence-corrected chi connectivity index (χ0v) is 10.3. The smallest absolute Gasteiger partial charge is 0.0419 e. The molecule has 1 N–H and O–H groups in total. The van der Waals surface area contributed by atoms with Crippen molar-refractivity contribution in [2.24, 2.45) is 0 Å². The summed E-state index contributed by atoms with van der Waals surface area (Å²) < 4.78 is 0. The maximum absolute atomic E-state index is 3.48. The van der Waals surface area contributed by atoms with Gasteiger partial charge in [-0.25, -0.2) is 0 Å². The first-order valence-corrected chi connectivity index (χ1v) is 6.41. The number of benzene rings is 1. The molecule has 0 aliphatic carbocycles. The van der Waals surface area contributed by atoms with Gasteiger partial charge in [-0.05, 0) is 30.9 Å². The van der Waals surface area contributed by atoms with Gasteiger partial charge in [0.15, 0.2) is 0 Å². The third-order valence-electron chi connectivity index (χ3n) is 3.39. The molecule has 1 aromatic rings. The van der Waals surface area contributed by atoms with Crippen LogP contribution in [0.5, 0.6) is 0 Å². The third kappa shape index (κ3) is 2.13. The lowest BCUT2D eigenvalue weighted by molar-refractivity contribution is 0.767. The summed E-state index contributed by atoms with van der Waals surface area (Å²) >= 11 is 0. The second-order valence-corrected chi connectivity index (χ2v) is 4.44. The molecule has 0 unspecified atom stereocenters. The number of para-hydroxylation sites is 1. The Hall–Kier alpha value is -1.24. The molecule has 1 heterocycles. The summed E-state index contributed by atoms with van der Waals surface area (Å²) in [6.07, 6.45) is 5.05. The number of unbranched alkanes of at least 4 members (excludes halogenated alkanes) is 1. The second kappa shape index (κ2) is 5.20. The van der Waals surface area contributed by atoms with E-state index < -0.39 is 0 Å². The Balaban J connectivity index is 2.30. The Morgan fingerprint density at radius 1 is 1.25 bits per heavy atom. The van der Waals surface area contributed by atoms with Gasteiger partial charge in [-0.1, -0.05) is 44.0 Å². The van der Waals surface area contributed by atoms with Gasteiger partial charge >= 0.3 is 0 Å². The number of rotatable bonds is 4. The molecule has 1 heteroatoms. The molecule has 2 rings (SSSR count). The van der Waals surface area contributed by atoms with Crippen molar-refractivity contribution >= 4 is 11.3 Å². The lowest BCUT2D eigenvalue weighted by atomic mass is 9.96. The highest BCUT2D eigenvalue weighted by Gasteiger charge is 2.17. The number of fused-ring (bicyclic) bond motifs is 1. The fourth-order valence-corrected chi connectivity index (χ4v) is 2.43. The molecule has 0 amide bonds. The van der Waals surface area contributed by atoms with Crippen molar-refractivity contribution in [1.29, 1.82) is 0 Å². The van der Waals surface area contributed by atoms with E-state index in [-0.39, 0.29) is 0 Å². The van der Waals surface area contributed by atoms with Crippen LogP contribution in [-0.4, -0.2) is 6.54 Å². The highest BCUT2D eigenvalue weighted by Crippen LogP contribution is 2.34. The molecule has 0 saturated heterocycles. The SMILES string of the molecule is CCCC/C(CC)=C1\CNc2ccccc21. The minimum absolute atomic E-state index is 1.02. The number of hydrogen-bond donors (Lipinski definition) is 1. The Bertz CT molecular complexity index is 390. The first-order chi connectivity index (χ1) is 7.86. The molecular formula is C15H21N. The van der Waals surface area contributed by atoms with Gasteiger partial charge in [0.05, 0.1) is 0 Å². The molecule has 0 atom stereocenters. The van der Waals surface area contributed by atoms with Crippen molar-refractivity contribution in [3.8, 4) is 0 Å². The van der Waals surface area contributed by atoms with E-state index in [0.29, 0.717) is 0 Å². The molecule has 86 valence electrons. The van der Waals surface area contributed by atoms with Crippen molar-refractivity contribution in [3.05, 3.63) is 35.4 Å². The average Bonchev–Trinajstić information content (AvgIpc) is 2.75. The zero-order valence-electron chi connectivity index (χ0n) is 10.3. The first-order valence-electron chi connectivity index (χ1n) is 6.41. The van der Waals surface area contributed by atoms with Gasteiger partial charge < -0.3 is 5.32 Å². The van der Waals surface area contributed by atoms with Crippen molar-refractivity contribution < 1.29 is 0 Å². The van der Waals surface area contributed by atoms with Crippen LogP contribution in [0.15, 0.2) is 29.8 Å². The van der Waals surface area contributed by atoms with E-state index in [1.54, 1.807) is 11.1 Å². The number of anilines is 1. The van der Waals surface area contributed by atoms with Crippen LogP contribution in [0, 0.1) is 0 Å². The summed E-state index contributed by atoms with van der Waals surface area (Å²) in [6.45, 7) is 5.56. The third-order valence-corrected chi connectivity index (χ3v) is 3.39. The van der Waals surface area contributed by atoms with Crippen LogP contribution in [0.1, 0.15) is 45.1 Å². The number of allylic oxidation sites excluding steroid dienone is 1. The molecule has 1 aliphatic heterocycles. The summed E-state index contributed by atoms with van der Waals surface area (Å²) in [6, 6.07) is 8.66. The highest BCUT2D eigenvalue weighted by atomic mass is 14.9. The van der Waals surface area contributed by atoms with Crippen LogP contribution in [0.2, 0.25) is 0 Å². The zero-order chi connectivity index (χ0) is 11.4. The van der Waals surface area contributed by atoms with Crippen molar-refractivity contribution in [3.63, 3.8) is 0 Å². The minimum Gasteiger partial charge on any atom is -0.380 e. The summed E-state index contributed by atoms with van der Waals surface area (Å²) in [5, 5.41) is 3.48. The minimum atomic E-state index is 1.02. The second-order valence-electron chi connectivity index (χ2n) is 4.44. The highest BCUT2D eigenvalue weighted by molar-refractivity contribution is 5.85. The fourth-order valence-electron chi connectivity index (χ4n) is 2.43. The topological polar surface area (TPSA) is 12.0 Å². The largest absolute Gasteiger partial charge is 0.380 e. The molecule has 16 heavy (non-hydrogen) atoms. The average molecular weight is 215 g/mol. The van der Waals surface area contributed by atoms with Crippen LogP contribution < -0.4 is 5.32 Å². The van der Waals surface area contributed by atoms with Gasteiger partial charge in [-0.2, -0.15) is 0 Å². The summed E-state index contributed by atoms with van der Waals surface area (Å²) in [7, 11) is 0. The molecule has 1 nitrogen and oxygen atoms in total. The predicted molar refractivity (Wildman–Crippen MR) is 71.7 cm³/mol. The molecule has 0 aromatic heterocycles.